The normalized spacial score (nSPS) is 23.5. The molecule has 9 heteroatoms. The summed E-state index contributed by atoms with van der Waals surface area (Å²) in [5, 5.41) is 6.08. The number of hydrogen-bond acceptors (Lipinski definition) is 5. The average Bonchev–Trinajstić information content (AvgIpc) is 3.59. The molecule has 0 N–H and O–H groups in total. The topological polar surface area (TPSA) is 59.5 Å². The molecule has 3 heterocycles. The second-order valence-electron chi connectivity index (χ2n) is 10.7. The van der Waals surface area contributed by atoms with Gasteiger partial charge in [0.15, 0.2) is 0 Å². The lowest BCUT2D eigenvalue weighted by Gasteiger charge is -2.40. The van der Waals surface area contributed by atoms with Gasteiger partial charge in [0.2, 0.25) is 5.91 Å². The van der Waals surface area contributed by atoms with Gasteiger partial charge in [-0.2, -0.15) is 5.10 Å². The van der Waals surface area contributed by atoms with E-state index in [2.05, 4.69) is 14.9 Å². The third-order valence-electron chi connectivity index (χ3n) is 8.17. The number of piperazine rings is 1. The molecule has 38 heavy (non-hydrogen) atoms. The van der Waals surface area contributed by atoms with Gasteiger partial charge in [0.05, 0.1) is 23.8 Å². The Labute approximate surface area is 222 Å². The minimum Gasteiger partial charge on any atom is -0.342 e. The number of likely N-dealkylation sites (tertiary alicyclic amines) is 1. The second-order valence-corrected chi connectivity index (χ2v) is 10.7. The molecule has 7 nitrogen and oxygen atoms in total. The van der Waals surface area contributed by atoms with Crippen molar-refractivity contribution in [3.63, 3.8) is 0 Å². The van der Waals surface area contributed by atoms with Crippen molar-refractivity contribution in [2.45, 2.75) is 44.7 Å². The van der Waals surface area contributed by atoms with E-state index in [1.165, 1.54) is 5.01 Å². The molecule has 2 amide bonds. The smallest absolute Gasteiger partial charge is 0.260 e. The summed E-state index contributed by atoms with van der Waals surface area (Å²) >= 11 is 0. The molecular weight excluding hydrogens is 488 g/mol. The van der Waals surface area contributed by atoms with Gasteiger partial charge in [-0.3, -0.25) is 19.4 Å². The molecule has 202 valence electrons. The van der Waals surface area contributed by atoms with Crippen LogP contribution in [-0.4, -0.2) is 89.1 Å². The van der Waals surface area contributed by atoms with Crippen molar-refractivity contribution in [1.29, 1.82) is 0 Å². The maximum atomic E-state index is 14.7. The lowest BCUT2D eigenvalue weighted by Crippen LogP contribution is -2.56. The highest BCUT2D eigenvalue weighted by Crippen LogP contribution is 2.40. The Kier molecular flexibility index (Phi) is 7.59. The zero-order chi connectivity index (χ0) is 26.9. The molecule has 0 aromatic heterocycles. The zero-order valence-corrected chi connectivity index (χ0v) is 22.1. The van der Waals surface area contributed by atoms with E-state index < -0.39 is 23.2 Å². The van der Waals surface area contributed by atoms with Crippen LogP contribution in [0.2, 0.25) is 0 Å². The molecule has 2 fully saturated rings. The lowest BCUT2D eigenvalue weighted by atomic mass is 9.85. The highest BCUT2D eigenvalue weighted by atomic mass is 19.1. The maximum absolute atomic E-state index is 14.7. The fourth-order valence-electron chi connectivity index (χ4n) is 5.75. The number of carbonyl (C=O) groups excluding carboxylic acids is 2. The summed E-state index contributed by atoms with van der Waals surface area (Å²) < 4.78 is 28.7. The van der Waals surface area contributed by atoms with Gasteiger partial charge in [-0.1, -0.05) is 30.3 Å². The van der Waals surface area contributed by atoms with Crippen LogP contribution >= 0.6 is 0 Å². The summed E-state index contributed by atoms with van der Waals surface area (Å²) in [6.07, 6.45) is 2.42. The van der Waals surface area contributed by atoms with Gasteiger partial charge in [-0.15, -0.1) is 0 Å². The molecule has 0 spiro atoms. The van der Waals surface area contributed by atoms with E-state index in [4.69, 9.17) is 0 Å². The third kappa shape index (κ3) is 5.22. The lowest BCUT2D eigenvalue weighted by molar-refractivity contribution is -0.143. The summed E-state index contributed by atoms with van der Waals surface area (Å²) in [5.41, 5.74) is 0.455. The van der Waals surface area contributed by atoms with Crippen LogP contribution in [0.5, 0.6) is 0 Å². The second kappa shape index (κ2) is 10.9. The van der Waals surface area contributed by atoms with Gasteiger partial charge in [-0.25, -0.2) is 13.8 Å². The minimum absolute atomic E-state index is 0.0754. The van der Waals surface area contributed by atoms with E-state index in [0.29, 0.717) is 38.4 Å². The Hall–Kier alpha value is -3.17. The molecule has 3 aliphatic rings. The van der Waals surface area contributed by atoms with Crippen LogP contribution in [0.25, 0.3) is 0 Å². The number of amides is 2. The van der Waals surface area contributed by atoms with Crippen molar-refractivity contribution in [2.24, 2.45) is 5.10 Å². The quantitative estimate of drug-likeness (QED) is 0.582. The SMILES string of the molecule is CC(C(=O)N1N=C(c2cc(F)ccc2F)CC1(C)c1ccccc1)N1CCN(CC(=O)N2CCCC2)CC1. The molecule has 2 aromatic carbocycles. The zero-order valence-electron chi connectivity index (χ0n) is 22.1. The van der Waals surface area contributed by atoms with Crippen molar-refractivity contribution in [2.75, 3.05) is 45.8 Å². The molecule has 0 aliphatic carbocycles. The Bertz CT molecular complexity index is 1210. The van der Waals surface area contributed by atoms with E-state index in [9.17, 15) is 18.4 Å². The van der Waals surface area contributed by atoms with Crippen LogP contribution in [0.1, 0.15) is 44.2 Å². The van der Waals surface area contributed by atoms with Gasteiger partial charge >= 0.3 is 0 Å². The van der Waals surface area contributed by atoms with Crippen LogP contribution < -0.4 is 0 Å². The third-order valence-corrected chi connectivity index (χ3v) is 8.17. The van der Waals surface area contributed by atoms with Crippen molar-refractivity contribution in [1.82, 2.24) is 19.7 Å². The Morgan fingerprint density at radius 2 is 1.66 bits per heavy atom. The van der Waals surface area contributed by atoms with Gasteiger partial charge in [0, 0.05) is 51.3 Å². The first-order valence-corrected chi connectivity index (χ1v) is 13.4. The summed E-state index contributed by atoms with van der Waals surface area (Å²) in [7, 11) is 0. The van der Waals surface area contributed by atoms with Crippen molar-refractivity contribution in [3.05, 3.63) is 71.3 Å². The first-order chi connectivity index (χ1) is 18.3. The average molecular weight is 524 g/mol. The van der Waals surface area contributed by atoms with Crippen molar-refractivity contribution < 1.29 is 18.4 Å². The fraction of sp³-hybridized carbons (Fsp3) is 0.483. The first kappa shape index (κ1) is 26.4. The Morgan fingerprint density at radius 1 is 0.974 bits per heavy atom. The largest absolute Gasteiger partial charge is 0.342 e. The predicted octanol–water partition coefficient (Wildman–Crippen LogP) is 3.45. The van der Waals surface area contributed by atoms with E-state index in [-0.39, 0.29) is 23.8 Å². The summed E-state index contributed by atoms with van der Waals surface area (Å²) in [6, 6.07) is 12.4. The highest BCUT2D eigenvalue weighted by molar-refractivity contribution is 6.04. The molecule has 3 aliphatic heterocycles. The van der Waals surface area contributed by atoms with Crippen LogP contribution in [0.3, 0.4) is 0 Å². The van der Waals surface area contributed by atoms with Gasteiger partial charge in [0.25, 0.3) is 5.91 Å². The van der Waals surface area contributed by atoms with Crippen molar-refractivity contribution >= 4 is 17.5 Å². The highest BCUT2D eigenvalue weighted by Gasteiger charge is 2.46. The van der Waals surface area contributed by atoms with Crippen LogP contribution in [0.15, 0.2) is 53.6 Å². The van der Waals surface area contributed by atoms with E-state index in [1.807, 2.05) is 49.1 Å². The standard InChI is InChI=1S/C29H35F2N5O2/c1-21(34-16-14-33(15-17-34)20-27(37)35-12-6-7-13-35)28(38)36-29(2,22-8-4-3-5-9-22)19-26(32-36)24-18-23(30)10-11-25(24)31/h3-5,8-11,18,21H,6-7,12-17,19-20H2,1-2H3. The number of nitrogens with zero attached hydrogens (tertiary/aromatic N) is 5. The van der Waals surface area contributed by atoms with Gasteiger partial charge in [-0.05, 0) is 50.5 Å². The number of halogens is 2. The molecule has 0 saturated carbocycles. The first-order valence-electron chi connectivity index (χ1n) is 13.4. The maximum Gasteiger partial charge on any atom is 0.260 e. The number of rotatable bonds is 6. The fourth-order valence-corrected chi connectivity index (χ4v) is 5.75. The summed E-state index contributed by atoms with van der Waals surface area (Å²) in [6.45, 7) is 8.63. The summed E-state index contributed by atoms with van der Waals surface area (Å²) in [5.74, 6) is -1.13. The van der Waals surface area contributed by atoms with Crippen LogP contribution in [0, 0.1) is 11.6 Å². The molecule has 5 rings (SSSR count). The van der Waals surface area contributed by atoms with Gasteiger partial charge in [0.1, 0.15) is 11.6 Å². The Balaban J connectivity index is 1.32. The Morgan fingerprint density at radius 3 is 2.34 bits per heavy atom. The number of hydrazone groups is 1. The monoisotopic (exact) mass is 523 g/mol. The van der Waals surface area contributed by atoms with Crippen LogP contribution in [-0.2, 0) is 15.1 Å². The van der Waals surface area contributed by atoms with Gasteiger partial charge < -0.3 is 4.90 Å². The van der Waals surface area contributed by atoms with Crippen molar-refractivity contribution in [3.8, 4) is 0 Å². The van der Waals surface area contributed by atoms with Crippen LogP contribution in [0.4, 0.5) is 8.78 Å². The molecule has 2 unspecified atom stereocenters. The molecular formula is C29H35F2N5O2. The molecule has 2 atom stereocenters. The molecule has 0 bridgehead atoms. The number of carbonyl (C=O) groups is 2. The molecule has 0 radical (unpaired) electrons. The van der Waals surface area contributed by atoms with E-state index in [1.54, 1.807) is 0 Å². The number of hydrogen-bond donors (Lipinski definition) is 0. The number of benzene rings is 2. The van der Waals surface area contributed by atoms with E-state index in [0.717, 1.165) is 49.7 Å². The summed E-state index contributed by atoms with van der Waals surface area (Å²) in [4.78, 5) is 32.7. The predicted molar refractivity (Wildman–Crippen MR) is 141 cm³/mol. The van der Waals surface area contributed by atoms with E-state index >= 15 is 0 Å². The molecule has 2 saturated heterocycles. The molecule has 2 aromatic rings. The minimum atomic E-state index is -0.843.